The summed E-state index contributed by atoms with van der Waals surface area (Å²) in [4.78, 5) is 4.09. The first kappa shape index (κ1) is 17.9. The number of nitrogens with zero attached hydrogens (tertiary/aromatic N) is 1. The fourth-order valence-corrected chi connectivity index (χ4v) is 6.46. The summed E-state index contributed by atoms with van der Waals surface area (Å²) in [5.41, 5.74) is 1.80. The maximum atomic E-state index is 9.48. The lowest BCUT2D eigenvalue weighted by Crippen LogP contribution is -2.29. The Morgan fingerprint density at radius 3 is 2.58 bits per heavy atom. The number of rotatable bonds is 5. The minimum absolute atomic E-state index is 0.353. The Hall–Kier alpha value is -1.45. The molecular weight excluding hydrogens is 338 g/mol. The van der Waals surface area contributed by atoms with Gasteiger partial charge in [-0.1, -0.05) is 44.2 Å². The van der Waals surface area contributed by atoms with E-state index in [4.69, 9.17) is 0 Å². The topological polar surface area (TPSA) is 23.5 Å². The van der Waals surface area contributed by atoms with E-state index < -0.39 is 0 Å². The van der Waals surface area contributed by atoms with Gasteiger partial charge in [0.15, 0.2) is 0 Å². The summed E-state index contributed by atoms with van der Waals surface area (Å²) >= 11 is 2.08. The van der Waals surface area contributed by atoms with E-state index in [9.17, 15) is 5.11 Å². The van der Waals surface area contributed by atoms with Gasteiger partial charge < -0.3 is 10.0 Å². The van der Waals surface area contributed by atoms with Crippen molar-refractivity contribution in [3.8, 4) is 5.75 Å². The molecule has 2 aromatic rings. The maximum Gasteiger partial charge on any atom is 0.115 e. The molecule has 1 unspecified atom stereocenters. The van der Waals surface area contributed by atoms with Gasteiger partial charge in [0.1, 0.15) is 5.75 Å². The minimum atomic E-state index is 0.353. The molecule has 1 saturated heterocycles. The summed E-state index contributed by atoms with van der Waals surface area (Å²) < 4.78 is 0. The van der Waals surface area contributed by atoms with Gasteiger partial charge in [0.05, 0.1) is 0 Å². The van der Waals surface area contributed by atoms with Gasteiger partial charge >= 0.3 is 0 Å². The molecule has 26 heavy (non-hydrogen) atoms. The van der Waals surface area contributed by atoms with E-state index in [2.05, 4.69) is 73.0 Å². The number of hydrogen-bond donors (Lipinski definition) is 1. The van der Waals surface area contributed by atoms with Gasteiger partial charge in [-0.05, 0) is 59.9 Å². The highest BCUT2D eigenvalue weighted by molar-refractivity contribution is 8.00. The van der Waals surface area contributed by atoms with Crippen molar-refractivity contribution < 1.29 is 5.11 Å². The molecule has 2 nitrogen and oxygen atoms in total. The fraction of sp³-hybridized carbons (Fsp3) is 0.478. The van der Waals surface area contributed by atoms with E-state index in [-0.39, 0.29) is 0 Å². The second kappa shape index (κ2) is 7.28. The number of phenolic OH excluding ortho intramolecular Hbond substituents is 1. The van der Waals surface area contributed by atoms with Crippen LogP contribution < -0.4 is 0 Å². The summed E-state index contributed by atoms with van der Waals surface area (Å²) in [5, 5.41) is 10.3. The highest BCUT2D eigenvalue weighted by Crippen LogP contribution is 2.53. The third kappa shape index (κ3) is 3.79. The van der Waals surface area contributed by atoms with Crippen molar-refractivity contribution in [1.82, 2.24) is 4.90 Å². The highest BCUT2D eigenvalue weighted by atomic mass is 32.2. The molecule has 2 fully saturated rings. The van der Waals surface area contributed by atoms with E-state index in [0.29, 0.717) is 17.1 Å². The molecule has 0 bridgehead atoms. The summed E-state index contributed by atoms with van der Waals surface area (Å²) in [7, 11) is 0. The lowest BCUT2D eigenvalue weighted by molar-refractivity contribution is 0.259. The number of hydrogen-bond acceptors (Lipinski definition) is 3. The zero-order valence-corrected chi connectivity index (χ0v) is 16.6. The number of benzene rings is 2. The molecule has 0 spiro atoms. The van der Waals surface area contributed by atoms with Crippen molar-refractivity contribution in [2.45, 2.75) is 42.8 Å². The molecule has 1 aliphatic heterocycles. The third-order valence-electron chi connectivity index (χ3n) is 6.33. The van der Waals surface area contributed by atoms with E-state index in [1.54, 1.807) is 12.1 Å². The molecule has 0 radical (unpaired) electrons. The first-order chi connectivity index (χ1) is 12.5. The van der Waals surface area contributed by atoms with Gasteiger partial charge in [-0.15, -0.1) is 11.8 Å². The summed E-state index contributed by atoms with van der Waals surface area (Å²) in [6, 6.07) is 18.6. The van der Waals surface area contributed by atoms with Crippen LogP contribution in [0.3, 0.4) is 0 Å². The molecule has 2 aromatic carbocycles. The standard InChI is InChI=1S/C23H29NOS/c1-17(18-8-10-20(25)11-9-18)14-24-15-19-12-22(13-23(19,2)16-24)26-21-6-4-3-5-7-21/h3-11,17,19,22,25H,12-16H2,1-2H3/t17?,19-,22+,23+/m1/s1. The van der Waals surface area contributed by atoms with Crippen molar-refractivity contribution in [2.75, 3.05) is 19.6 Å². The van der Waals surface area contributed by atoms with Gasteiger partial charge in [0.2, 0.25) is 0 Å². The maximum absolute atomic E-state index is 9.48. The van der Waals surface area contributed by atoms with E-state index in [1.807, 2.05) is 0 Å². The lowest BCUT2D eigenvalue weighted by atomic mass is 9.83. The van der Waals surface area contributed by atoms with Crippen LogP contribution in [0.15, 0.2) is 59.5 Å². The largest absolute Gasteiger partial charge is 0.508 e. The van der Waals surface area contributed by atoms with E-state index >= 15 is 0 Å². The van der Waals surface area contributed by atoms with Crippen LogP contribution in [0.4, 0.5) is 0 Å². The van der Waals surface area contributed by atoms with Gasteiger partial charge in [-0.25, -0.2) is 0 Å². The molecule has 3 heteroatoms. The number of phenols is 1. The summed E-state index contributed by atoms with van der Waals surface area (Å²) in [6.45, 7) is 8.40. The molecule has 1 aliphatic carbocycles. The first-order valence-electron chi connectivity index (χ1n) is 9.75. The Kier molecular flexibility index (Phi) is 5.02. The molecule has 138 valence electrons. The van der Waals surface area contributed by atoms with Gasteiger partial charge in [0, 0.05) is 29.8 Å². The van der Waals surface area contributed by atoms with E-state index in [1.165, 1.54) is 36.4 Å². The molecule has 4 atom stereocenters. The van der Waals surface area contributed by atoms with Crippen LogP contribution in [-0.2, 0) is 0 Å². The summed E-state index contributed by atoms with van der Waals surface area (Å²) in [6.07, 6.45) is 2.68. The van der Waals surface area contributed by atoms with Crippen molar-refractivity contribution in [2.24, 2.45) is 11.3 Å². The SMILES string of the molecule is CC(CN1C[C@H]2C[C@H](Sc3ccccc3)C[C@@]2(C)C1)c1ccc(O)cc1. The molecular formula is C23H29NOS. The molecule has 1 saturated carbocycles. The van der Waals surface area contributed by atoms with Gasteiger partial charge in [0.25, 0.3) is 0 Å². The van der Waals surface area contributed by atoms with Crippen molar-refractivity contribution in [3.63, 3.8) is 0 Å². The number of likely N-dealkylation sites (tertiary alicyclic amines) is 1. The third-order valence-corrected chi connectivity index (χ3v) is 7.57. The Balaban J connectivity index is 1.33. The lowest BCUT2D eigenvalue weighted by Gasteiger charge is -2.26. The number of aromatic hydroxyl groups is 1. The average Bonchev–Trinajstić information content (AvgIpc) is 3.06. The fourth-order valence-electron chi connectivity index (χ4n) is 4.96. The molecule has 4 rings (SSSR count). The quantitative estimate of drug-likeness (QED) is 0.766. The van der Waals surface area contributed by atoms with Crippen LogP contribution in [0.5, 0.6) is 5.75 Å². The molecule has 1 heterocycles. The zero-order valence-electron chi connectivity index (χ0n) is 15.8. The Morgan fingerprint density at radius 2 is 1.88 bits per heavy atom. The zero-order chi connectivity index (χ0) is 18.1. The predicted molar refractivity (Wildman–Crippen MR) is 110 cm³/mol. The normalized spacial score (nSPS) is 29.6. The van der Waals surface area contributed by atoms with Crippen molar-refractivity contribution in [1.29, 1.82) is 0 Å². The van der Waals surface area contributed by atoms with Crippen molar-refractivity contribution in [3.05, 3.63) is 60.2 Å². The second-order valence-corrected chi connectivity index (χ2v) is 9.90. The van der Waals surface area contributed by atoms with Gasteiger partial charge in [-0.3, -0.25) is 0 Å². The Morgan fingerprint density at radius 1 is 1.15 bits per heavy atom. The summed E-state index contributed by atoms with van der Waals surface area (Å²) in [5.74, 6) is 1.69. The van der Waals surface area contributed by atoms with Crippen LogP contribution in [0, 0.1) is 11.3 Å². The van der Waals surface area contributed by atoms with Crippen LogP contribution in [0.25, 0.3) is 0 Å². The Bertz CT molecular complexity index is 732. The monoisotopic (exact) mass is 367 g/mol. The van der Waals surface area contributed by atoms with E-state index in [0.717, 1.165) is 17.7 Å². The minimum Gasteiger partial charge on any atom is -0.508 e. The highest BCUT2D eigenvalue weighted by Gasteiger charge is 2.49. The molecule has 2 aliphatic rings. The smallest absolute Gasteiger partial charge is 0.115 e. The van der Waals surface area contributed by atoms with Gasteiger partial charge in [-0.2, -0.15) is 0 Å². The average molecular weight is 368 g/mol. The predicted octanol–water partition coefficient (Wildman–Crippen LogP) is 5.39. The number of thioether (sulfide) groups is 1. The molecule has 1 N–H and O–H groups in total. The van der Waals surface area contributed by atoms with Crippen LogP contribution in [-0.4, -0.2) is 34.9 Å². The van der Waals surface area contributed by atoms with Crippen molar-refractivity contribution >= 4 is 11.8 Å². The first-order valence-corrected chi connectivity index (χ1v) is 10.6. The molecule has 0 aromatic heterocycles. The molecule has 0 amide bonds. The Labute approximate surface area is 161 Å². The van der Waals surface area contributed by atoms with Crippen LogP contribution >= 0.6 is 11.8 Å². The van der Waals surface area contributed by atoms with Crippen LogP contribution in [0.1, 0.15) is 38.2 Å². The van der Waals surface area contributed by atoms with Crippen LogP contribution in [0.2, 0.25) is 0 Å². The number of fused-ring (bicyclic) bond motifs is 1. The second-order valence-electron chi connectivity index (χ2n) is 8.53.